The van der Waals surface area contributed by atoms with E-state index in [1.54, 1.807) is 15.3 Å². The maximum Gasteiger partial charge on any atom is 0.348 e. The van der Waals surface area contributed by atoms with Gasteiger partial charge in [0.25, 0.3) is 0 Å². The number of nitrogen functional groups attached to an aromatic ring is 1. The lowest BCUT2D eigenvalue weighted by molar-refractivity contribution is 0.507. The fraction of sp³-hybridized carbons (Fsp3) is 0.417. The van der Waals surface area contributed by atoms with Crippen molar-refractivity contribution in [1.82, 2.24) is 19.3 Å². The second-order valence-electron chi connectivity index (χ2n) is 4.39. The maximum atomic E-state index is 11.8. The Kier molecular flexibility index (Phi) is 4.04. The maximum absolute atomic E-state index is 11.8. The van der Waals surface area contributed by atoms with Crippen LogP contribution in [0.15, 0.2) is 21.5 Å². The zero-order valence-electron chi connectivity index (χ0n) is 10.9. The van der Waals surface area contributed by atoms with Gasteiger partial charge in [-0.2, -0.15) is 10.1 Å². The first-order chi connectivity index (χ1) is 8.99. The first-order valence-corrected chi connectivity index (χ1v) is 6.81. The topological polar surface area (TPSA) is 78.7 Å². The SMILES string of the molecule is Cc1nc(=O)n(CCCn2ccc(N)n2)c(C)c1Br. The summed E-state index contributed by atoms with van der Waals surface area (Å²) in [6, 6.07) is 1.75. The molecular formula is C12H16BrN5O. The minimum absolute atomic E-state index is 0.210. The van der Waals surface area contributed by atoms with E-state index in [-0.39, 0.29) is 5.69 Å². The van der Waals surface area contributed by atoms with Crippen molar-refractivity contribution >= 4 is 21.7 Å². The molecule has 19 heavy (non-hydrogen) atoms. The van der Waals surface area contributed by atoms with Crippen LogP contribution in [0.2, 0.25) is 0 Å². The second kappa shape index (κ2) is 5.56. The summed E-state index contributed by atoms with van der Waals surface area (Å²) >= 11 is 3.45. The third-order valence-electron chi connectivity index (χ3n) is 2.96. The molecule has 102 valence electrons. The summed E-state index contributed by atoms with van der Waals surface area (Å²) in [5.74, 6) is 0.507. The van der Waals surface area contributed by atoms with Gasteiger partial charge in [-0.3, -0.25) is 9.25 Å². The number of nitrogens with two attached hydrogens (primary N) is 1. The number of anilines is 1. The summed E-state index contributed by atoms with van der Waals surface area (Å²) in [7, 11) is 0. The van der Waals surface area contributed by atoms with Crippen LogP contribution in [-0.2, 0) is 13.1 Å². The molecule has 0 unspecified atom stereocenters. The molecule has 0 saturated heterocycles. The van der Waals surface area contributed by atoms with Crippen LogP contribution in [0.25, 0.3) is 0 Å². The highest BCUT2D eigenvalue weighted by Crippen LogP contribution is 2.16. The predicted molar refractivity (Wildman–Crippen MR) is 76.9 cm³/mol. The zero-order valence-corrected chi connectivity index (χ0v) is 12.5. The van der Waals surface area contributed by atoms with E-state index in [0.717, 1.165) is 22.3 Å². The summed E-state index contributed by atoms with van der Waals surface area (Å²) in [5.41, 5.74) is 6.95. The van der Waals surface area contributed by atoms with Gasteiger partial charge in [0.1, 0.15) is 5.82 Å². The Morgan fingerprint density at radius 1 is 1.37 bits per heavy atom. The molecule has 0 fully saturated rings. The molecule has 2 aromatic heterocycles. The molecule has 0 saturated carbocycles. The molecule has 6 nitrogen and oxygen atoms in total. The van der Waals surface area contributed by atoms with Gasteiger partial charge in [-0.1, -0.05) is 0 Å². The number of aryl methyl sites for hydroxylation is 2. The van der Waals surface area contributed by atoms with Crippen LogP contribution in [0.1, 0.15) is 17.8 Å². The van der Waals surface area contributed by atoms with Crippen molar-refractivity contribution in [2.45, 2.75) is 33.4 Å². The summed E-state index contributed by atoms with van der Waals surface area (Å²) in [4.78, 5) is 15.8. The fourth-order valence-corrected chi connectivity index (χ4v) is 2.24. The van der Waals surface area contributed by atoms with Crippen LogP contribution >= 0.6 is 15.9 Å². The van der Waals surface area contributed by atoms with Crippen molar-refractivity contribution < 1.29 is 0 Å². The Balaban J connectivity index is 2.08. The van der Waals surface area contributed by atoms with Gasteiger partial charge >= 0.3 is 5.69 Å². The zero-order chi connectivity index (χ0) is 14.0. The quantitative estimate of drug-likeness (QED) is 0.923. The van der Waals surface area contributed by atoms with Crippen LogP contribution in [0.4, 0.5) is 5.82 Å². The van der Waals surface area contributed by atoms with Gasteiger partial charge in [0.2, 0.25) is 0 Å². The minimum atomic E-state index is -0.210. The number of halogens is 1. The molecule has 2 heterocycles. The van der Waals surface area contributed by atoms with E-state index >= 15 is 0 Å². The van der Waals surface area contributed by atoms with Crippen molar-refractivity contribution in [3.63, 3.8) is 0 Å². The molecule has 7 heteroatoms. The lowest BCUT2D eigenvalue weighted by Crippen LogP contribution is -2.27. The molecule has 2 N–H and O–H groups in total. The molecule has 0 amide bonds. The number of hydrogen-bond acceptors (Lipinski definition) is 4. The molecule has 0 aromatic carbocycles. The van der Waals surface area contributed by atoms with E-state index in [1.165, 1.54) is 0 Å². The van der Waals surface area contributed by atoms with Gasteiger partial charge in [0.05, 0.1) is 10.2 Å². The molecule has 0 aliphatic rings. The Hall–Kier alpha value is -1.63. The van der Waals surface area contributed by atoms with E-state index in [4.69, 9.17) is 5.73 Å². The fourth-order valence-electron chi connectivity index (χ4n) is 1.93. The number of hydrogen-bond donors (Lipinski definition) is 1. The van der Waals surface area contributed by atoms with Crippen LogP contribution in [-0.4, -0.2) is 19.3 Å². The Labute approximate surface area is 119 Å². The van der Waals surface area contributed by atoms with E-state index in [9.17, 15) is 4.79 Å². The normalized spacial score (nSPS) is 10.9. The van der Waals surface area contributed by atoms with Crippen molar-refractivity contribution in [1.29, 1.82) is 0 Å². The van der Waals surface area contributed by atoms with E-state index in [1.807, 2.05) is 20.0 Å². The Bertz CT molecular complexity index is 646. The predicted octanol–water partition coefficient (Wildman–Crippen LogP) is 1.49. The monoisotopic (exact) mass is 325 g/mol. The molecule has 2 aromatic rings. The largest absolute Gasteiger partial charge is 0.382 e. The highest BCUT2D eigenvalue weighted by Gasteiger charge is 2.08. The summed E-state index contributed by atoms with van der Waals surface area (Å²) < 4.78 is 4.33. The van der Waals surface area contributed by atoms with Gasteiger partial charge in [-0.15, -0.1) is 0 Å². The average molecular weight is 326 g/mol. The third-order valence-corrected chi connectivity index (χ3v) is 4.11. The second-order valence-corrected chi connectivity index (χ2v) is 5.18. The average Bonchev–Trinajstić information content (AvgIpc) is 2.77. The van der Waals surface area contributed by atoms with E-state index < -0.39 is 0 Å². The number of nitrogens with zero attached hydrogens (tertiary/aromatic N) is 4. The van der Waals surface area contributed by atoms with Crippen molar-refractivity contribution in [2.24, 2.45) is 0 Å². The lowest BCUT2D eigenvalue weighted by Gasteiger charge is -2.11. The number of rotatable bonds is 4. The van der Waals surface area contributed by atoms with Gasteiger partial charge in [-0.05, 0) is 42.3 Å². The van der Waals surface area contributed by atoms with Gasteiger partial charge in [0, 0.05) is 25.0 Å². The Morgan fingerprint density at radius 2 is 2.11 bits per heavy atom. The minimum Gasteiger partial charge on any atom is -0.382 e. The van der Waals surface area contributed by atoms with Gasteiger partial charge in [-0.25, -0.2) is 4.79 Å². The molecule has 0 radical (unpaired) electrons. The van der Waals surface area contributed by atoms with Crippen LogP contribution < -0.4 is 11.4 Å². The summed E-state index contributed by atoms with van der Waals surface area (Å²) in [6.07, 6.45) is 2.62. The van der Waals surface area contributed by atoms with Crippen LogP contribution in [0.3, 0.4) is 0 Å². The molecule has 2 rings (SSSR count). The molecule has 0 aliphatic carbocycles. The van der Waals surface area contributed by atoms with E-state index in [2.05, 4.69) is 26.0 Å². The molecule has 0 bridgehead atoms. The molecule has 0 spiro atoms. The van der Waals surface area contributed by atoms with E-state index in [0.29, 0.717) is 18.9 Å². The first kappa shape index (κ1) is 13.8. The van der Waals surface area contributed by atoms with Crippen molar-refractivity contribution in [2.75, 3.05) is 5.73 Å². The smallest absolute Gasteiger partial charge is 0.348 e. The van der Waals surface area contributed by atoms with Crippen LogP contribution in [0, 0.1) is 13.8 Å². The number of aromatic nitrogens is 4. The van der Waals surface area contributed by atoms with Gasteiger partial charge < -0.3 is 5.73 Å². The standard InChI is InChI=1S/C12H16BrN5O/c1-8-11(13)9(2)18(12(19)15-8)6-3-5-17-7-4-10(14)16-17/h4,7H,3,5-6H2,1-2H3,(H2,14,16). The third kappa shape index (κ3) is 3.04. The summed E-state index contributed by atoms with van der Waals surface area (Å²) in [5, 5.41) is 4.10. The summed E-state index contributed by atoms with van der Waals surface area (Å²) in [6.45, 7) is 5.05. The highest BCUT2D eigenvalue weighted by molar-refractivity contribution is 9.10. The van der Waals surface area contributed by atoms with Crippen LogP contribution in [0.5, 0.6) is 0 Å². The molecular weight excluding hydrogens is 310 g/mol. The Morgan fingerprint density at radius 3 is 2.74 bits per heavy atom. The van der Waals surface area contributed by atoms with Crippen molar-refractivity contribution in [3.8, 4) is 0 Å². The first-order valence-electron chi connectivity index (χ1n) is 6.01. The molecule has 0 atom stereocenters. The van der Waals surface area contributed by atoms with Gasteiger partial charge in [0.15, 0.2) is 0 Å². The highest BCUT2D eigenvalue weighted by atomic mass is 79.9. The lowest BCUT2D eigenvalue weighted by atomic mass is 10.3. The van der Waals surface area contributed by atoms with Crippen molar-refractivity contribution in [3.05, 3.63) is 38.6 Å². The molecule has 0 aliphatic heterocycles.